The molecule has 4 atom stereocenters. The van der Waals surface area contributed by atoms with Crippen LogP contribution in [-0.2, 0) is 9.53 Å². The highest BCUT2D eigenvalue weighted by molar-refractivity contribution is 6.33. The molecular weight excluding hydrogens is 428 g/mol. The van der Waals surface area contributed by atoms with E-state index in [0.29, 0.717) is 41.2 Å². The van der Waals surface area contributed by atoms with Gasteiger partial charge >= 0.3 is 5.97 Å². The zero-order chi connectivity index (χ0) is 22.5. The van der Waals surface area contributed by atoms with Gasteiger partial charge in [-0.05, 0) is 67.3 Å². The number of carbonyl (C=O) groups excluding carboxylic acids is 1. The number of halogens is 1. The second-order valence-electron chi connectivity index (χ2n) is 9.08. The molecule has 9 heteroatoms. The van der Waals surface area contributed by atoms with Crippen molar-refractivity contribution in [3.8, 4) is 11.4 Å². The molecule has 3 N–H and O–H groups in total. The minimum atomic E-state index is -0.203. The zero-order valence-corrected chi connectivity index (χ0v) is 19.6. The average molecular weight is 461 g/mol. The Labute approximate surface area is 194 Å². The number of piperidine rings is 1. The number of hydrogen-bond acceptors (Lipinski definition) is 7. The number of anilines is 1. The lowest BCUT2D eigenvalue weighted by molar-refractivity contribution is -0.149. The smallest absolute Gasteiger partial charge is 0.323 e. The Bertz CT molecular complexity index is 889. The topological polar surface area (TPSA) is 105 Å². The number of esters is 1. The molecule has 0 radical (unpaired) electrons. The molecule has 0 bridgehead atoms. The summed E-state index contributed by atoms with van der Waals surface area (Å²) in [5, 5.41) is 22.1. The molecular formula is C23H33ClN6O2. The Kier molecular flexibility index (Phi) is 7.63. The van der Waals surface area contributed by atoms with E-state index >= 15 is 0 Å². The number of ether oxygens (including phenoxy) is 1. The summed E-state index contributed by atoms with van der Waals surface area (Å²) in [6.07, 6.45) is 6.12. The number of fused-ring (bicyclic) bond motifs is 1. The molecule has 2 aliphatic rings. The number of benzene rings is 1. The van der Waals surface area contributed by atoms with Crippen LogP contribution in [0.4, 0.5) is 5.69 Å². The molecule has 2 fully saturated rings. The molecule has 174 valence electrons. The van der Waals surface area contributed by atoms with Gasteiger partial charge in [0.25, 0.3) is 0 Å². The molecule has 2 aromatic rings. The second-order valence-corrected chi connectivity index (χ2v) is 9.49. The summed E-state index contributed by atoms with van der Waals surface area (Å²) in [5.41, 5.74) is 1.68. The van der Waals surface area contributed by atoms with Gasteiger partial charge in [0, 0.05) is 11.7 Å². The standard InChI is InChI=1S/C23H33ClN6O2/c1-3-14(4-2)13-32-23(31)20-11-16-10-17(9-8-15(16)12-25-20)26-19-7-5-6-18(24)21(19)22-27-29-30-28-22/h5-7,14-17,20,25-26H,3-4,8-13H2,1-2H3,(H,27,28,29,30)/t15-,16+,17-,20-/m0/s1. The van der Waals surface area contributed by atoms with E-state index in [9.17, 15) is 4.79 Å². The van der Waals surface area contributed by atoms with E-state index in [1.165, 1.54) is 0 Å². The number of hydrogen-bond donors (Lipinski definition) is 3. The van der Waals surface area contributed by atoms with Crippen molar-refractivity contribution in [2.75, 3.05) is 18.5 Å². The van der Waals surface area contributed by atoms with E-state index in [1.54, 1.807) is 0 Å². The van der Waals surface area contributed by atoms with Crippen molar-refractivity contribution in [1.82, 2.24) is 25.9 Å². The monoisotopic (exact) mass is 460 g/mol. The normalized spacial score (nSPS) is 25.4. The van der Waals surface area contributed by atoms with Crippen LogP contribution in [-0.4, -0.2) is 51.8 Å². The lowest BCUT2D eigenvalue weighted by Crippen LogP contribution is -2.51. The van der Waals surface area contributed by atoms with Crippen LogP contribution in [0, 0.1) is 17.8 Å². The van der Waals surface area contributed by atoms with Gasteiger partial charge in [0.2, 0.25) is 5.82 Å². The van der Waals surface area contributed by atoms with E-state index in [1.807, 2.05) is 18.2 Å². The summed E-state index contributed by atoms with van der Waals surface area (Å²) in [5.74, 6) is 1.92. The lowest BCUT2D eigenvalue weighted by atomic mass is 9.72. The molecule has 0 spiro atoms. The van der Waals surface area contributed by atoms with E-state index in [2.05, 4.69) is 45.1 Å². The van der Waals surface area contributed by atoms with E-state index in [4.69, 9.17) is 16.3 Å². The molecule has 1 aliphatic carbocycles. The molecule has 0 amide bonds. The minimum absolute atomic E-state index is 0.0975. The van der Waals surface area contributed by atoms with Crippen molar-refractivity contribution >= 4 is 23.3 Å². The van der Waals surface area contributed by atoms with Gasteiger partial charge in [0.1, 0.15) is 6.04 Å². The fourth-order valence-electron chi connectivity index (χ4n) is 5.06. The molecule has 1 saturated heterocycles. The van der Waals surface area contributed by atoms with Crippen LogP contribution in [0.25, 0.3) is 11.4 Å². The van der Waals surface area contributed by atoms with E-state index < -0.39 is 0 Å². The van der Waals surface area contributed by atoms with Gasteiger partial charge in [-0.1, -0.05) is 44.4 Å². The number of aromatic nitrogens is 4. The van der Waals surface area contributed by atoms with Crippen molar-refractivity contribution in [3.63, 3.8) is 0 Å². The maximum absolute atomic E-state index is 12.7. The number of carbonyl (C=O) groups is 1. The first-order valence-corrected chi connectivity index (χ1v) is 12.2. The predicted molar refractivity (Wildman–Crippen MR) is 124 cm³/mol. The SMILES string of the molecule is CCC(CC)COC(=O)[C@@H]1C[C@H]2C[C@@H](Nc3cccc(Cl)c3-c3nn[nH]n3)CC[C@H]2CN1. The summed E-state index contributed by atoms with van der Waals surface area (Å²) in [4.78, 5) is 12.7. The summed E-state index contributed by atoms with van der Waals surface area (Å²) in [6, 6.07) is 5.87. The van der Waals surface area contributed by atoms with Gasteiger partial charge in [-0.3, -0.25) is 4.79 Å². The van der Waals surface area contributed by atoms with Gasteiger partial charge in [0.15, 0.2) is 0 Å². The van der Waals surface area contributed by atoms with E-state index in [0.717, 1.165) is 56.3 Å². The molecule has 1 aliphatic heterocycles. The maximum atomic E-state index is 12.7. The number of rotatable bonds is 8. The third-order valence-corrected chi connectivity index (χ3v) is 7.46. The fraction of sp³-hybridized carbons (Fsp3) is 0.652. The Balaban J connectivity index is 1.38. The number of H-pyrrole nitrogens is 1. The van der Waals surface area contributed by atoms with Crippen molar-refractivity contribution in [2.24, 2.45) is 17.8 Å². The molecule has 0 unspecified atom stereocenters. The third kappa shape index (κ3) is 5.23. The summed E-state index contributed by atoms with van der Waals surface area (Å²) >= 11 is 6.45. The number of nitrogens with zero attached hydrogens (tertiary/aromatic N) is 3. The predicted octanol–water partition coefficient (Wildman–Crippen LogP) is 4.06. The lowest BCUT2D eigenvalue weighted by Gasteiger charge is -2.42. The zero-order valence-electron chi connectivity index (χ0n) is 18.8. The molecule has 4 rings (SSSR count). The van der Waals surface area contributed by atoms with Crippen molar-refractivity contribution in [2.45, 2.75) is 64.5 Å². The first kappa shape index (κ1) is 23.0. The molecule has 1 saturated carbocycles. The van der Waals surface area contributed by atoms with Crippen LogP contribution in [0.1, 0.15) is 52.4 Å². The van der Waals surface area contributed by atoms with Crippen molar-refractivity contribution in [1.29, 1.82) is 0 Å². The molecule has 1 aromatic heterocycles. The van der Waals surface area contributed by atoms with Gasteiger partial charge in [-0.15, -0.1) is 10.2 Å². The van der Waals surface area contributed by atoms with Crippen molar-refractivity contribution in [3.05, 3.63) is 23.2 Å². The number of nitrogens with one attached hydrogen (secondary N) is 3. The summed E-state index contributed by atoms with van der Waals surface area (Å²) < 4.78 is 5.64. The van der Waals surface area contributed by atoms with Crippen LogP contribution < -0.4 is 10.6 Å². The van der Waals surface area contributed by atoms with E-state index in [-0.39, 0.29) is 12.0 Å². The molecule has 1 aromatic carbocycles. The van der Waals surface area contributed by atoms with Crippen LogP contribution in [0.5, 0.6) is 0 Å². The Morgan fingerprint density at radius 1 is 1.25 bits per heavy atom. The fourth-order valence-corrected chi connectivity index (χ4v) is 5.32. The largest absolute Gasteiger partial charge is 0.464 e. The molecule has 32 heavy (non-hydrogen) atoms. The maximum Gasteiger partial charge on any atom is 0.323 e. The van der Waals surface area contributed by atoms with Crippen LogP contribution in [0.3, 0.4) is 0 Å². The number of tetrazole rings is 1. The minimum Gasteiger partial charge on any atom is -0.464 e. The van der Waals surface area contributed by atoms with Crippen LogP contribution in [0.2, 0.25) is 5.02 Å². The van der Waals surface area contributed by atoms with Gasteiger partial charge in [-0.25, -0.2) is 0 Å². The van der Waals surface area contributed by atoms with Crippen LogP contribution >= 0.6 is 11.6 Å². The number of aromatic amines is 1. The summed E-state index contributed by atoms with van der Waals surface area (Å²) in [6.45, 7) is 5.69. The highest BCUT2D eigenvalue weighted by Gasteiger charge is 2.38. The highest BCUT2D eigenvalue weighted by atomic mass is 35.5. The Morgan fingerprint density at radius 3 is 2.84 bits per heavy atom. The van der Waals surface area contributed by atoms with Crippen molar-refractivity contribution < 1.29 is 9.53 Å². The second kappa shape index (κ2) is 10.6. The average Bonchev–Trinajstić information content (AvgIpc) is 3.33. The van der Waals surface area contributed by atoms with Gasteiger partial charge in [-0.2, -0.15) is 5.21 Å². The first-order valence-electron chi connectivity index (χ1n) is 11.8. The van der Waals surface area contributed by atoms with Gasteiger partial charge < -0.3 is 15.4 Å². The summed E-state index contributed by atoms with van der Waals surface area (Å²) in [7, 11) is 0. The van der Waals surface area contributed by atoms with Crippen LogP contribution in [0.15, 0.2) is 18.2 Å². The quantitative estimate of drug-likeness (QED) is 0.510. The molecule has 8 nitrogen and oxygen atoms in total. The first-order chi connectivity index (χ1) is 15.6. The van der Waals surface area contributed by atoms with Gasteiger partial charge in [0.05, 0.1) is 17.2 Å². The third-order valence-electron chi connectivity index (χ3n) is 7.15. The Hall–Kier alpha value is -2.19. The Morgan fingerprint density at radius 2 is 2.09 bits per heavy atom. The molecule has 2 heterocycles. The highest BCUT2D eigenvalue weighted by Crippen LogP contribution is 2.39.